The van der Waals surface area contributed by atoms with Gasteiger partial charge in [0.05, 0.1) is 5.92 Å². The maximum absolute atomic E-state index is 11.7. The summed E-state index contributed by atoms with van der Waals surface area (Å²) in [7, 11) is 0. The van der Waals surface area contributed by atoms with Crippen LogP contribution in [0, 0.1) is 5.92 Å². The van der Waals surface area contributed by atoms with Crippen molar-refractivity contribution >= 4 is 11.9 Å². The zero-order chi connectivity index (χ0) is 15.8. The number of hydrogen-bond acceptors (Lipinski definition) is 5. The highest BCUT2D eigenvalue weighted by molar-refractivity contribution is 5.77. The first-order chi connectivity index (χ1) is 9.93. The highest BCUT2D eigenvalue weighted by atomic mass is 16.5. The summed E-state index contributed by atoms with van der Waals surface area (Å²) in [5, 5.41) is 15.5. The summed E-state index contributed by atoms with van der Waals surface area (Å²) in [6, 6.07) is 0. The van der Waals surface area contributed by atoms with E-state index in [2.05, 4.69) is 15.5 Å². The number of aliphatic carboxylic acids is 1. The Kier molecular flexibility index (Phi) is 6.84. The van der Waals surface area contributed by atoms with Crippen LogP contribution in [0.3, 0.4) is 0 Å². The maximum Gasteiger partial charge on any atom is 0.308 e. The van der Waals surface area contributed by atoms with Crippen LogP contribution in [0.15, 0.2) is 4.52 Å². The number of nitrogens with zero attached hydrogens (tertiary/aromatic N) is 2. The summed E-state index contributed by atoms with van der Waals surface area (Å²) in [5.74, 6) is -0.384. The fourth-order valence-corrected chi connectivity index (χ4v) is 1.81. The number of carboxylic acids is 1. The molecule has 0 radical (unpaired) electrons. The third-order valence-corrected chi connectivity index (χ3v) is 3.10. The Labute approximate surface area is 124 Å². The van der Waals surface area contributed by atoms with E-state index in [0.717, 1.165) is 6.42 Å². The number of carboxylic acid groups (broad SMARTS) is 1. The molecular formula is C14H23N3O4. The van der Waals surface area contributed by atoms with E-state index in [0.29, 0.717) is 24.6 Å². The Morgan fingerprint density at radius 2 is 2.10 bits per heavy atom. The van der Waals surface area contributed by atoms with E-state index < -0.39 is 11.9 Å². The Balaban J connectivity index is 2.34. The van der Waals surface area contributed by atoms with Gasteiger partial charge in [-0.2, -0.15) is 4.98 Å². The highest BCUT2D eigenvalue weighted by Crippen LogP contribution is 2.10. The number of carbonyl (C=O) groups excluding carboxylic acids is 1. The second-order valence-corrected chi connectivity index (χ2v) is 5.33. The number of nitrogens with one attached hydrogen (secondary N) is 1. The second-order valence-electron chi connectivity index (χ2n) is 5.33. The van der Waals surface area contributed by atoms with Gasteiger partial charge in [-0.05, 0) is 6.42 Å². The second kappa shape index (κ2) is 8.39. The van der Waals surface area contributed by atoms with Crippen molar-refractivity contribution in [3.8, 4) is 0 Å². The molecule has 7 heteroatoms. The van der Waals surface area contributed by atoms with Gasteiger partial charge in [0, 0.05) is 25.3 Å². The van der Waals surface area contributed by atoms with Crippen LogP contribution in [0.4, 0.5) is 0 Å². The van der Waals surface area contributed by atoms with Crippen LogP contribution >= 0.6 is 0 Å². The van der Waals surface area contributed by atoms with Gasteiger partial charge >= 0.3 is 5.97 Å². The van der Waals surface area contributed by atoms with E-state index >= 15 is 0 Å². The average Bonchev–Trinajstić information content (AvgIpc) is 2.89. The van der Waals surface area contributed by atoms with Gasteiger partial charge < -0.3 is 14.9 Å². The Bertz CT molecular complexity index is 471. The van der Waals surface area contributed by atoms with E-state index in [-0.39, 0.29) is 24.8 Å². The fourth-order valence-electron chi connectivity index (χ4n) is 1.81. The summed E-state index contributed by atoms with van der Waals surface area (Å²) in [6.07, 6.45) is 1.89. The standard InChI is InChI=1S/C14H23N3O4/c1-4-5-10(14(19)20)8-15-11(18)6-7-12-16-13(9(2)3)17-21-12/h9-10H,4-8H2,1-3H3,(H,15,18)(H,19,20). The van der Waals surface area contributed by atoms with Crippen LogP contribution in [0.2, 0.25) is 0 Å². The van der Waals surface area contributed by atoms with Gasteiger partial charge in [0.15, 0.2) is 5.82 Å². The van der Waals surface area contributed by atoms with Gasteiger partial charge in [-0.3, -0.25) is 9.59 Å². The first kappa shape index (κ1) is 17.1. The van der Waals surface area contributed by atoms with Gasteiger partial charge in [0.2, 0.25) is 11.8 Å². The van der Waals surface area contributed by atoms with E-state index in [1.54, 1.807) is 0 Å². The van der Waals surface area contributed by atoms with Crippen LogP contribution in [-0.4, -0.2) is 33.7 Å². The van der Waals surface area contributed by atoms with Crippen LogP contribution < -0.4 is 5.32 Å². The molecule has 21 heavy (non-hydrogen) atoms. The molecule has 0 saturated heterocycles. The smallest absolute Gasteiger partial charge is 0.308 e. The number of amides is 1. The largest absolute Gasteiger partial charge is 0.481 e. The topological polar surface area (TPSA) is 105 Å². The molecule has 1 atom stereocenters. The Morgan fingerprint density at radius 1 is 1.38 bits per heavy atom. The molecule has 118 valence electrons. The van der Waals surface area contributed by atoms with Crippen molar-refractivity contribution in [3.05, 3.63) is 11.7 Å². The minimum Gasteiger partial charge on any atom is -0.481 e. The minimum absolute atomic E-state index is 0.156. The summed E-state index contributed by atoms with van der Waals surface area (Å²) < 4.78 is 5.04. The summed E-state index contributed by atoms with van der Waals surface area (Å²) in [6.45, 7) is 5.99. The molecule has 0 aliphatic rings. The van der Waals surface area contributed by atoms with Crippen molar-refractivity contribution in [2.24, 2.45) is 5.92 Å². The summed E-state index contributed by atoms with van der Waals surface area (Å²) in [4.78, 5) is 26.8. The number of aromatic nitrogens is 2. The van der Waals surface area contributed by atoms with Crippen molar-refractivity contribution in [3.63, 3.8) is 0 Å². The molecule has 1 heterocycles. The van der Waals surface area contributed by atoms with Crippen LogP contribution in [0.25, 0.3) is 0 Å². The molecule has 0 bridgehead atoms. The number of hydrogen-bond donors (Lipinski definition) is 2. The van der Waals surface area contributed by atoms with Crippen molar-refractivity contribution in [2.75, 3.05) is 6.54 Å². The third kappa shape index (κ3) is 5.93. The van der Waals surface area contributed by atoms with Gasteiger partial charge in [0.1, 0.15) is 0 Å². The van der Waals surface area contributed by atoms with E-state index in [4.69, 9.17) is 9.63 Å². The van der Waals surface area contributed by atoms with Crippen LogP contribution in [-0.2, 0) is 16.0 Å². The quantitative estimate of drug-likeness (QED) is 0.719. The molecule has 0 saturated carbocycles. The summed E-state index contributed by atoms with van der Waals surface area (Å²) in [5.41, 5.74) is 0. The minimum atomic E-state index is -0.879. The van der Waals surface area contributed by atoms with Crippen molar-refractivity contribution in [1.29, 1.82) is 0 Å². The number of rotatable bonds is 9. The molecule has 0 aromatic carbocycles. The third-order valence-electron chi connectivity index (χ3n) is 3.10. The molecule has 1 aromatic heterocycles. The molecular weight excluding hydrogens is 274 g/mol. The monoisotopic (exact) mass is 297 g/mol. The molecule has 7 nitrogen and oxygen atoms in total. The zero-order valence-corrected chi connectivity index (χ0v) is 12.8. The predicted octanol–water partition coefficient (Wildman–Crippen LogP) is 1.74. The van der Waals surface area contributed by atoms with Crippen molar-refractivity contribution in [2.45, 2.75) is 52.4 Å². The van der Waals surface area contributed by atoms with Crippen molar-refractivity contribution in [1.82, 2.24) is 15.5 Å². The Morgan fingerprint density at radius 3 is 2.62 bits per heavy atom. The Hall–Kier alpha value is -1.92. The first-order valence-electron chi connectivity index (χ1n) is 7.26. The molecule has 1 amide bonds. The fraction of sp³-hybridized carbons (Fsp3) is 0.714. The summed E-state index contributed by atoms with van der Waals surface area (Å²) >= 11 is 0. The highest BCUT2D eigenvalue weighted by Gasteiger charge is 2.17. The van der Waals surface area contributed by atoms with Crippen LogP contribution in [0.5, 0.6) is 0 Å². The lowest BCUT2D eigenvalue weighted by Gasteiger charge is -2.11. The number of carbonyl (C=O) groups is 2. The molecule has 1 rings (SSSR count). The average molecular weight is 297 g/mol. The van der Waals surface area contributed by atoms with Gasteiger partial charge in [-0.1, -0.05) is 32.3 Å². The van der Waals surface area contributed by atoms with Gasteiger partial charge in [0.25, 0.3) is 0 Å². The molecule has 2 N–H and O–H groups in total. The molecule has 1 unspecified atom stereocenters. The lowest BCUT2D eigenvalue weighted by Crippen LogP contribution is -2.33. The van der Waals surface area contributed by atoms with Crippen molar-refractivity contribution < 1.29 is 19.2 Å². The van der Waals surface area contributed by atoms with E-state index in [9.17, 15) is 9.59 Å². The zero-order valence-electron chi connectivity index (χ0n) is 12.8. The maximum atomic E-state index is 11.7. The van der Waals surface area contributed by atoms with Gasteiger partial charge in [-0.15, -0.1) is 0 Å². The van der Waals surface area contributed by atoms with E-state index in [1.807, 2.05) is 20.8 Å². The first-order valence-corrected chi connectivity index (χ1v) is 7.26. The van der Waals surface area contributed by atoms with Crippen LogP contribution in [0.1, 0.15) is 57.7 Å². The molecule has 0 aliphatic carbocycles. The lowest BCUT2D eigenvalue weighted by atomic mass is 10.0. The number of aryl methyl sites for hydroxylation is 1. The molecule has 1 aromatic rings. The SMILES string of the molecule is CCCC(CNC(=O)CCc1nc(C(C)C)no1)C(=O)O. The molecule has 0 spiro atoms. The predicted molar refractivity (Wildman–Crippen MR) is 75.8 cm³/mol. The van der Waals surface area contributed by atoms with E-state index in [1.165, 1.54) is 0 Å². The van der Waals surface area contributed by atoms with Gasteiger partial charge in [-0.25, -0.2) is 0 Å². The lowest BCUT2D eigenvalue weighted by molar-refractivity contribution is -0.141. The molecule has 0 fully saturated rings. The molecule has 0 aliphatic heterocycles. The normalized spacial score (nSPS) is 12.4.